The molecule has 104 valence electrons. The van der Waals surface area contributed by atoms with Gasteiger partial charge in [-0.15, -0.1) is 0 Å². The van der Waals surface area contributed by atoms with Crippen molar-refractivity contribution in [2.45, 2.75) is 49.4 Å². The Morgan fingerprint density at radius 3 is 2.84 bits per heavy atom. The van der Waals surface area contributed by atoms with Gasteiger partial charge in [-0.05, 0) is 12.8 Å². The highest BCUT2D eigenvalue weighted by atomic mass is 16.7. The number of ether oxygens (including phenoxy) is 3. The van der Waals surface area contributed by atoms with E-state index in [9.17, 15) is 5.11 Å². The third kappa shape index (κ3) is 4.20. The Balaban J connectivity index is 1.63. The average molecular weight is 267 g/mol. The summed E-state index contributed by atoms with van der Waals surface area (Å²) >= 11 is 0. The number of aliphatic hydroxyl groups is 2. The van der Waals surface area contributed by atoms with Gasteiger partial charge in [-0.2, -0.15) is 0 Å². The van der Waals surface area contributed by atoms with Crippen molar-refractivity contribution in [1.82, 2.24) is 0 Å². The molecule has 1 aliphatic heterocycles. The largest absolute Gasteiger partial charge is 0.396 e. The lowest BCUT2D eigenvalue weighted by molar-refractivity contribution is -0.129. The normalized spacial score (nSPS) is 43.5. The molecule has 2 aliphatic rings. The highest BCUT2D eigenvalue weighted by Crippen LogP contribution is 2.35. The molecule has 0 aromatic heterocycles. The first-order valence-electron chi connectivity index (χ1n) is 7.13. The van der Waals surface area contributed by atoms with Gasteiger partial charge in [0, 0.05) is 18.5 Å². The van der Waals surface area contributed by atoms with Gasteiger partial charge in [-0.25, -0.2) is 0 Å². The second kappa shape index (κ2) is 7.09. The zero-order valence-corrected chi connectivity index (χ0v) is 10.9. The molecule has 0 spiro atoms. The first-order valence-corrected chi connectivity index (χ1v) is 6.72. The van der Waals surface area contributed by atoms with E-state index >= 15 is 0 Å². The zero-order chi connectivity index (χ0) is 14.5. The molecule has 5 nitrogen and oxygen atoms in total. The van der Waals surface area contributed by atoms with Crippen LogP contribution in [0.5, 0.6) is 0 Å². The molecule has 1 aliphatic carbocycles. The molecule has 1 saturated heterocycles. The molecule has 0 amide bonds. The molecule has 1 heterocycles. The molecule has 7 heteroatoms. The lowest BCUT2D eigenvalue weighted by Crippen LogP contribution is -2.28. The van der Waals surface area contributed by atoms with Crippen LogP contribution in [0.4, 0.5) is 0 Å². The van der Waals surface area contributed by atoms with Crippen molar-refractivity contribution < 1.29 is 24.4 Å². The molecule has 0 aromatic rings. The molecule has 0 bridgehead atoms. The van der Waals surface area contributed by atoms with E-state index in [2.05, 4.69) is 5.11 Å². The molecule has 2 N–H and O–H groups in total. The summed E-state index contributed by atoms with van der Waals surface area (Å²) in [5, 5.41) is 14.1. The molecule has 6 unspecified atom stereocenters. The van der Waals surface area contributed by atoms with Crippen LogP contribution in [-0.2, 0) is 14.2 Å². The second-order valence-electron chi connectivity index (χ2n) is 5.37. The Hall–Kier alpha value is -0.0701. The lowest BCUT2D eigenvalue weighted by atomic mass is 9.85. The number of rotatable bonds is 7. The van der Waals surface area contributed by atoms with E-state index in [1.807, 2.05) is 0 Å². The van der Waals surface area contributed by atoms with Crippen molar-refractivity contribution in [1.29, 1.82) is 1.43 Å². The standard InChI is InChI=1S/C12H20B2O5/c13-8-1-7(4-15)10(2-8)18-6-17-5-11-9(16)3-12(14)19-11/h7-12,15-16H,1-6H2/i15D. The fourth-order valence-corrected chi connectivity index (χ4v) is 2.72. The minimum atomic E-state index is -0.589. The van der Waals surface area contributed by atoms with Crippen LogP contribution in [0.1, 0.15) is 19.3 Å². The molecule has 2 fully saturated rings. The fraction of sp³-hybridized carbons (Fsp3) is 1.00. The van der Waals surface area contributed by atoms with Crippen LogP contribution >= 0.6 is 0 Å². The van der Waals surface area contributed by atoms with Gasteiger partial charge in [0.15, 0.2) is 0 Å². The predicted octanol–water partition coefficient (Wildman–Crippen LogP) is -0.651. The molecule has 0 aromatic carbocycles. The maximum atomic E-state index is 9.64. The van der Waals surface area contributed by atoms with E-state index in [-0.39, 0.29) is 31.2 Å². The number of hydrogen-bond acceptors (Lipinski definition) is 5. The van der Waals surface area contributed by atoms with Crippen LogP contribution in [0.25, 0.3) is 0 Å². The van der Waals surface area contributed by atoms with Gasteiger partial charge < -0.3 is 24.4 Å². The van der Waals surface area contributed by atoms with Crippen molar-refractivity contribution in [2.75, 3.05) is 20.0 Å². The highest BCUT2D eigenvalue weighted by Gasteiger charge is 2.33. The molecule has 4 radical (unpaired) electrons. The summed E-state index contributed by atoms with van der Waals surface area (Å²) in [5.74, 6) is 0.214. The van der Waals surface area contributed by atoms with Crippen molar-refractivity contribution in [2.24, 2.45) is 5.92 Å². The van der Waals surface area contributed by atoms with Crippen LogP contribution in [0.3, 0.4) is 0 Å². The third-order valence-electron chi connectivity index (χ3n) is 3.78. The highest BCUT2D eigenvalue weighted by molar-refractivity contribution is 6.11. The molecule has 2 rings (SSSR count). The third-order valence-corrected chi connectivity index (χ3v) is 3.78. The van der Waals surface area contributed by atoms with E-state index in [0.717, 1.165) is 12.8 Å². The summed E-state index contributed by atoms with van der Waals surface area (Å²) in [6.45, 7) is 0.665. The summed E-state index contributed by atoms with van der Waals surface area (Å²) in [7, 11) is 11.5. The monoisotopic (exact) mass is 267 g/mol. The van der Waals surface area contributed by atoms with Gasteiger partial charge in [-0.1, -0.05) is 12.2 Å². The van der Waals surface area contributed by atoms with E-state index in [1.54, 1.807) is 0 Å². The maximum absolute atomic E-state index is 9.64. The van der Waals surface area contributed by atoms with Crippen molar-refractivity contribution in [3.63, 3.8) is 0 Å². The SMILES string of the molecule is [2H]OCC1CC([B])CC1OCOCC1OC([B])CC1O. The molecule has 6 atom stereocenters. The van der Waals surface area contributed by atoms with Crippen molar-refractivity contribution in [3.8, 4) is 0 Å². The predicted molar refractivity (Wildman–Crippen MR) is 70.0 cm³/mol. The Kier molecular flexibility index (Phi) is 5.18. The van der Waals surface area contributed by atoms with E-state index in [4.69, 9.17) is 31.3 Å². The summed E-state index contributed by atoms with van der Waals surface area (Å²) < 4.78 is 23.1. The van der Waals surface area contributed by atoms with Crippen LogP contribution in [0.2, 0.25) is 5.82 Å². The van der Waals surface area contributed by atoms with Crippen LogP contribution < -0.4 is 0 Å². The fourth-order valence-electron chi connectivity index (χ4n) is 2.72. The van der Waals surface area contributed by atoms with Gasteiger partial charge in [0.1, 0.15) is 20.7 Å². The van der Waals surface area contributed by atoms with E-state index in [1.165, 1.54) is 0 Å². The van der Waals surface area contributed by atoms with Gasteiger partial charge >= 0.3 is 0 Å². The van der Waals surface area contributed by atoms with Crippen LogP contribution in [-0.4, -0.2) is 71.7 Å². The van der Waals surface area contributed by atoms with E-state index < -0.39 is 18.2 Å². The minimum Gasteiger partial charge on any atom is -0.396 e. The van der Waals surface area contributed by atoms with Crippen molar-refractivity contribution >= 4 is 15.7 Å². The first kappa shape index (κ1) is 13.9. The Labute approximate surface area is 117 Å². The van der Waals surface area contributed by atoms with Crippen molar-refractivity contribution in [3.05, 3.63) is 0 Å². The Morgan fingerprint density at radius 1 is 1.32 bits per heavy atom. The maximum Gasteiger partial charge on any atom is 0.210 e. The minimum absolute atomic E-state index is 0.0490. The van der Waals surface area contributed by atoms with Crippen LogP contribution in [0.15, 0.2) is 0 Å². The number of aliphatic hydroxyl groups excluding tert-OH is 2. The zero-order valence-electron chi connectivity index (χ0n) is 11.9. The van der Waals surface area contributed by atoms with Gasteiger partial charge in [0.2, 0.25) is 1.43 Å². The molecule has 19 heavy (non-hydrogen) atoms. The topological polar surface area (TPSA) is 68.2 Å². The quantitative estimate of drug-likeness (QED) is 0.364. The first-order chi connectivity index (χ1) is 9.60. The summed E-state index contributed by atoms with van der Waals surface area (Å²) in [6.07, 6.45) is 0.927. The second-order valence-corrected chi connectivity index (χ2v) is 5.37. The molecule has 1 saturated carbocycles. The Morgan fingerprint density at radius 2 is 2.16 bits per heavy atom. The van der Waals surface area contributed by atoms with E-state index in [0.29, 0.717) is 13.0 Å². The molecular weight excluding hydrogens is 246 g/mol. The Bertz CT molecular complexity index is 299. The lowest BCUT2D eigenvalue weighted by Gasteiger charge is -2.19. The smallest absolute Gasteiger partial charge is 0.210 e. The molecular formula is C12H20B2O5. The summed E-state index contributed by atoms with van der Waals surface area (Å²) in [4.78, 5) is 0. The van der Waals surface area contributed by atoms with Gasteiger partial charge in [0.05, 0.1) is 26.7 Å². The summed E-state index contributed by atoms with van der Waals surface area (Å²) in [5.41, 5.74) is 0. The van der Waals surface area contributed by atoms with Crippen LogP contribution in [0, 0.1) is 5.92 Å². The van der Waals surface area contributed by atoms with Gasteiger partial charge in [-0.3, -0.25) is 0 Å². The number of hydrogen-bond donors (Lipinski definition) is 2. The van der Waals surface area contributed by atoms with Gasteiger partial charge in [0.25, 0.3) is 0 Å². The average Bonchev–Trinajstić information content (AvgIpc) is 2.88. The summed E-state index contributed by atoms with van der Waals surface area (Å²) in [6, 6.07) is -0.425.